The maximum atomic E-state index is 12.9. The van der Waals surface area contributed by atoms with Crippen molar-refractivity contribution in [3.8, 4) is 0 Å². The number of hydrogen-bond donors (Lipinski definition) is 1. The van der Waals surface area contributed by atoms with Crippen molar-refractivity contribution in [3.63, 3.8) is 0 Å². The van der Waals surface area contributed by atoms with Gasteiger partial charge in [0, 0.05) is 51.6 Å². The van der Waals surface area contributed by atoms with Gasteiger partial charge in [0.05, 0.1) is 10.9 Å². The summed E-state index contributed by atoms with van der Waals surface area (Å²) in [5.41, 5.74) is 0.212. The Labute approximate surface area is 206 Å². The number of benzene rings is 1. The van der Waals surface area contributed by atoms with E-state index in [1.807, 2.05) is 45.0 Å². The number of amides is 2. The first kappa shape index (κ1) is 25.2. The third kappa shape index (κ3) is 6.81. The lowest BCUT2D eigenvalue weighted by Gasteiger charge is -2.35. The molecule has 190 valence electrons. The molecule has 9 heteroatoms. The number of para-hydroxylation sites is 1. The molecule has 1 aromatic carbocycles. The number of rotatable bonds is 8. The minimum Gasteiger partial charge on any atom is -0.444 e. The highest BCUT2D eigenvalue weighted by atomic mass is 16.6. The van der Waals surface area contributed by atoms with E-state index in [4.69, 9.17) is 9.72 Å². The van der Waals surface area contributed by atoms with Gasteiger partial charge in [-0.3, -0.25) is 19.1 Å². The van der Waals surface area contributed by atoms with Crippen LogP contribution in [0.25, 0.3) is 10.9 Å². The zero-order chi connectivity index (χ0) is 25.0. The van der Waals surface area contributed by atoms with Crippen molar-refractivity contribution in [2.24, 2.45) is 0 Å². The number of aromatic nitrogens is 2. The van der Waals surface area contributed by atoms with Crippen LogP contribution in [0, 0.1) is 0 Å². The maximum absolute atomic E-state index is 12.9. The van der Waals surface area contributed by atoms with Crippen LogP contribution in [0.1, 0.15) is 58.3 Å². The number of nitrogens with zero attached hydrogens (tertiary/aromatic N) is 4. The van der Waals surface area contributed by atoms with Crippen molar-refractivity contribution in [3.05, 3.63) is 40.4 Å². The van der Waals surface area contributed by atoms with Crippen molar-refractivity contribution in [2.45, 2.75) is 64.5 Å². The summed E-state index contributed by atoms with van der Waals surface area (Å²) in [6.07, 6.45) is 3.34. The normalized spacial score (nSPS) is 16.9. The summed E-state index contributed by atoms with van der Waals surface area (Å²) in [5.74, 6) is 0.679. The Morgan fingerprint density at radius 3 is 2.51 bits per heavy atom. The molecule has 9 nitrogen and oxygen atoms in total. The molecule has 0 atom stereocenters. The molecule has 1 saturated carbocycles. The summed E-state index contributed by atoms with van der Waals surface area (Å²) < 4.78 is 7.24. The number of nitrogens with one attached hydrogen (secondary N) is 1. The van der Waals surface area contributed by atoms with Crippen LogP contribution in [0.4, 0.5) is 4.79 Å². The molecule has 4 rings (SSSR count). The van der Waals surface area contributed by atoms with E-state index in [1.165, 1.54) is 0 Å². The predicted octanol–water partition coefficient (Wildman–Crippen LogP) is 2.72. The van der Waals surface area contributed by atoms with E-state index >= 15 is 0 Å². The third-order valence-corrected chi connectivity index (χ3v) is 6.37. The van der Waals surface area contributed by atoms with Crippen molar-refractivity contribution in [1.82, 2.24) is 24.7 Å². The smallest absolute Gasteiger partial charge is 0.410 e. The fraction of sp³-hybridized carbons (Fsp3) is 0.615. The second kappa shape index (κ2) is 10.8. The lowest BCUT2D eigenvalue weighted by atomic mass is 10.2. The summed E-state index contributed by atoms with van der Waals surface area (Å²) in [5, 5.41) is 3.63. The molecule has 35 heavy (non-hydrogen) atoms. The Kier molecular flexibility index (Phi) is 7.74. The van der Waals surface area contributed by atoms with Gasteiger partial charge in [0.15, 0.2) is 0 Å². The molecule has 0 unspecified atom stereocenters. The van der Waals surface area contributed by atoms with Crippen molar-refractivity contribution in [2.75, 3.05) is 39.3 Å². The molecule has 1 aliphatic carbocycles. The zero-order valence-electron chi connectivity index (χ0n) is 21.1. The van der Waals surface area contributed by atoms with Gasteiger partial charge < -0.3 is 15.0 Å². The van der Waals surface area contributed by atoms with E-state index in [-0.39, 0.29) is 23.6 Å². The minimum atomic E-state index is -0.480. The summed E-state index contributed by atoms with van der Waals surface area (Å²) in [7, 11) is 0. The number of hydrogen-bond acceptors (Lipinski definition) is 6. The summed E-state index contributed by atoms with van der Waals surface area (Å²) in [6, 6.07) is 7.62. The Morgan fingerprint density at radius 1 is 1.11 bits per heavy atom. The van der Waals surface area contributed by atoms with Crippen LogP contribution in [-0.2, 0) is 16.0 Å². The topological polar surface area (TPSA) is 96.8 Å². The van der Waals surface area contributed by atoms with E-state index in [0.717, 1.165) is 38.9 Å². The van der Waals surface area contributed by atoms with Crippen LogP contribution in [-0.4, -0.2) is 76.2 Å². The highest BCUT2D eigenvalue weighted by molar-refractivity contribution is 5.78. The number of aryl methyl sites for hydroxylation is 1. The standard InChI is InChI=1S/C26H37N5O4/c1-26(2,3)35-25(34)30-17-15-29(16-18-30)14-6-13-27-23(32)12-11-22-28-21-8-5-4-7-20(21)24(33)31(22)19-9-10-19/h4-5,7-8,19H,6,9-18H2,1-3H3,(H,27,32). The molecule has 1 aromatic heterocycles. The van der Waals surface area contributed by atoms with Gasteiger partial charge in [0.25, 0.3) is 5.56 Å². The molecule has 2 aliphatic rings. The number of fused-ring (bicyclic) bond motifs is 1. The largest absolute Gasteiger partial charge is 0.444 e. The second-order valence-corrected chi connectivity index (χ2v) is 10.5. The maximum Gasteiger partial charge on any atom is 0.410 e. The summed E-state index contributed by atoms with van der Waals surface area (Å²) >= 11 is 0. The lowest BCUT2D eigenvalue weighted by molar-refractivity contribution is -0.121. The van der Waals surface area contributed by atoms with Crippen LogP contribution in [0.3, 0.4) is 0 Å². The van der Waals surface area contributed by atoms with Crippen molar-refractivity contribution in [1.29, 1.82) is 0 Å². The Morgan fingerprint density at radius 2 is 1.83 bits per heavy atom. The first-order chi connectivity index (χ1) is 16.7. The van der Waals surface area contributed by atoms with Gasteiger partial charge in [-0.1, -0.05) is 12.1 Å². The number of piperazine rings is 1. The van der Waals surface area contributed by atoms with Gasteiger partial charge in [-0.15, -0.1) is 0 Å². The van der Waals surface area contributed by atoms with E-state index in [0.29, 0.717) is 49.2 Å². The van der Waals surface area contributed by atoms with Crippen LogP contribution in [0.2, 0.25) is 0 Å². The van der Waals surface area contributed by atoms with Crippen molar-refractivity contribution < 1.29 is 14.3 Å². The van der Waals surface area contributed by atoms with E-state index < -0.39 is 5.60 Å². The van der Waals surface area contributed by atoms with Crippen LogP contribution in [0.5, 0.6) is 0 Å². The second-order valence-electron chi connectivity index (χ2n) is 10.5. The first-order valence-corrected chi connectivity index (χ1v) is 12.7. The molecule has 1 aliphatic heterocycles. The van der Waals surface area contributed by atoms with E-state index in [9.17, 15) is 14.4 Å². The highest BCUT2D eigenvalue weighted by Crippen LogP contribution is 2.34. The molecule has 2 heterocycles. The molecule has 0 bridgehead atoms. The molecule has 2 amide bonds. The van der Waals surface area contributed by atoms with Gasteiger partial charge in [0.1, 0.15) is 11.4 Å². The molecular formula is C26H37N5O4. The van der Waals surface area contributed by atoms with Gasteiger partial charge >= 0.3 is 6.09 Å². The Hall–Kier alpha value is -2.94. The number of ether oxygens (including phenoxy) is 1. The summed E-state index contributed by atoms with van der Waals surface area (Å²) in [6.45, 7) is 10.0. The molecule has 2 aromatic rings. The number of carbonyl (C=O) groups is 2. The molecule has 2 fully saturated rings. The van der Waals surface area contributed by atoms with Gasteiger partial charge in [-0.2, -0.15) is 0 Å². The molecule has 0 spiro atoms. The lowest BCUT2D eigenvalue weighted by Crippen LogP contribution is -2.50. The molecule has 1 N–H and O–H groups in total. The van der Waals surface area contributed by atoms with Gasteiger partial charge in [0.2, 0.25) is 5.91 Å². The van der Waals surface area contributed by atoms with E-state index in [1.54, 1.807) is 9.47 Å². The van der Waals surface area contributed by atoms with E-state index in [2.05, 4.69) is 10.2 Å². The van der Waals surface area contributed by atoms with Crippen LogP contribution in [0.15, 0.2) is 29.1 Å². The SMILES string of the molecule is CC(C)(C)OC(=O)N1CCN(CCCNC(=O)CCc2nc3ccccc3c(=O)n2C2CC2)CC1. The predicted molar refractivity (Wildman–Crippen MR) is 134 cm³/mol. The number of carbonyl (C=O) groups excluding carboxylic acids is 2. The van der Waals surface area contributed by atoms with Gasteiger partial charge in [-0.05, 0) is 58.7 Å². The Balaban J connectivity index is 1.18. The van der Waals surface area contributed by atoms with Crippen LogP contribution >= 0.6 is 0 Å². The monoisotopic (exact) mass is 483 g/mol. The quantitative estimate of drug-likeness (QED) is 0.580. The molecular weight excluding hydrogens is 446 g/mol. The zero-order valence-corrected chi connectivity index (χ0v) is 21.1. The fourth-order valence-corrected chi connectivity index (χ4v) is 4.40. The average molecular weight is 484 g/mol. The first-order valence-electron chi connectivity index (χ1n) is 12.7. The summed E-state index contributed by atoms with van der Waals surface area (Å²) in [4.78, 5) is 46.3. The highest BCUT2D eigenvalue weighted by Gasteiger charge is 2.28. The third-order valence-electron chi connectivity index (χ3n) is 6.37. The average Bonchev–Trinajstić information content (AvgIpc) is 3.65. The fourth-order valence-electron chi connectivity index (χ4n) is 4.40. The molecule has 1 saturated heterocycles. The molecule has 0 radical (unpaired) electrons. The minimum absolute atomic E-state index is 0.000254. The van der Waals surface area contributed by atoms with Crippen LogP contribution < -0.4 is 10.9 Å². The van der Waals surface area contributed by atoms with Gasteiger partial charge in [-0.25, -0.2) is 9.78 Å². The Bertz CT molecular complexity index is 1110. The van der Waals surface area contributed by atoms with Crippen molar-refractivity contribution >= 4 is 22.9 Å².